The number of rotatable bonds is 2. The molecule has 2 amide bonds. The van der Waals surface area contributed by atoms with Gasteiger partial charge in [-0.05, 0) is 17.9 Å². The van der Waals surface area contributed by atoms with Crippen molar-refractivity contribution in [1.82, 2.24) is 10.6 Å². The van der Waals surface area contributed by atoms with Gasteiger partial charge in [0.05, 0.1) is 11.1 Å². The van der Waals surface area contributed by atoms with Crippen LogP contribution in [-0.4, -0.2) is 30.2 Å². The standard InChI is InChI=1S/C11H11ClN2O3S/c12-6-1-2-18-9(6)10(15)14-7-3-5-4-8(7)17-11(16)13-5/h1-2,5,7-8H,3-4H2,(H,13,16)(H,14,15)/t5-,7-,8-/m1/s1. The number of ether oxygens (including phenoxy) is 1. The number of halogens is 1. The molecule has 2 aliphatic rings. The van der Waals surface area contributed by atoms with Gasteiger partial charge in [0.2, 0.25) is 0 Å². The van der Waals surface area contributed by atoms with Crippen molar-refractivity contribution >= 4 is 34.9 Å². The van der Waals surface area contributed by atoms with Crippen LogP contribution < -0.4 is 10.6 Å². The number of nitrogens with one attached hydrogen (secondary N) is 2. The third kappa shape index (κ3) is 2.06. The summed E-state index contributed by atoms with van der Waals surface area (Å²) in [5, 5.41) is 7.83. The van der Waals surface area contributed by atoms with Crippen LogP contribution in [0.1, 0.15) is 22.5 Å². The van der Waals surface area contributed by atoms with Gasteiger partial charge in [-0.1, -0.05) is 11.6 Å². The van der Waals surface area contributed by atoms with Gasteiger partial charge in [0.25, 0.3) is 5.91 Å². The molecule has 0 spiro atoms. The fraction of sp³-hybridized carbons (Fsp3) is 0.455. The summed E-state index contributed by atoms with van der Waals surface area (Å²) in [7, 11) is 0. The first-order chi connectivity index (χ1) is 8.63. The molecule has 2 bridgehead atoms. The van der Waals surface area contributed by atoms with E-state index in [-0.39, 0.29) is 24.1 Å². The molecule has 0 unspecified atom stereocenters. The smallest absolute Gasteiger partial charge is 0.407 e. The average Bonchev–Trinajstić information content (AvgIpc) is 2.84. The van der Waals surface area contributed by atoms with Gasteiger partial charge >= 0.3 is 6.09 Å². The molecular weight excluding hydrogens is 276 g/mol. The van der Waals surface area contributed by atoms with Crippen molar-refractivity contribution in [2.75, 3.05) is 0 Å². The van der Waals surface area contributed by atoms with Crippen LogP contribution in [0.2, 0.25) is 5.02 Å². The van der Waals surface area contributed by atoms with E-state index in [0.29, 0.717) is 16.3 Å². The Labute approximate surface area is 112 Å². The molecule has 5 nitrogen and oxygen atoms in total. The third-order valence-electron chi connectivity index (χ3n) is 3.22. The fourth-order valence-electron chi connectivity index (χ4n) is 2.43. The zero-order valence-corrected chi connectivity index (χ0v) is 10.9. The average molecular weight is 287 g/mol. The lowest BCUT2D eigenvalue weighted by Gasteiger charge is -2.22. The van der Waals surface area contributed by atoms with Crippen molar-refractivity contribution in [2.24, 2.45) is 0 Å². The number of carbonyl (C=O) groups excluding carboxylic acids is 2. The molecule has 0 aromatic carbocycles. The second kappa shape index (κ2) is 4.44. The SMILES string of the molecule is O=C1N[C@@H]2C[C@@H](NC(=O)c3sccc3Cl)[C@@H](C2)O1. The van der Waals surface area contributed by atoms with Gasteiger partial charge in [-0.2, -0.15) is 0 Å². The molecule has 0 radical (unpaired) electrons. The van der Waals surface area contributed by atoms with E-state index in [1.165, 1.54) is 11.3 Å². The first-order valence-corrected chi connectivity index (χ1v) is 6.90. The summed E-state index contributed by atoms with van der Waals surface area (Å²) < 4.78 is 5.14. The van der Waals surface area contributed by atoms with Gasteiger partial charge in [0.1, 0.15) is 11.0 Å². The van der Waals surface area contributed by atoms with E-state index in [0.717, 1.165) is 6.42 Å². The third-order valence-corrected chi connectivity index (χ3v) is 4.56. The van der Waals surface area contributed by atoms with E-state index in [9.17, 15) is 9.59 Å². The Balaban J connectivity index is 1.69. The first kappa shape index (κ1) is 11.8. The van der Waals surface area contributed by atoms with Crippen molar-refractivity contribution in [3.63, 3.8) is 0 Å². The minimum Gasteiger partial charge on any atom is -0.444 e. The minimum absolute atomic E-state index is 0.0976. The molecule has 96 valence electrons. The molecular formula is C11H11ClN2O3S. The van der Waals surface area contributed by atoms with E-state index < -0.39 is 6.09 Å². The predicted molar refractivity (Wildman–Crippen MR) is 67.0 cm³/mol. The predicted octanol–water partition coefficient (Wildman–Crippen LogP) is 1.77. The lowest BCUT2D eigenvalue weighted by atomic mass is 10.2. The monoisotopic (exact) mass is 286 g/mol. The van der Waals surface area contributed by atoms with Crippen LogP contribution in [0.4, 0.5) is 4.79 Å². The first-order valence-electron chi connectivity index (χ1n) is 5.64. The second-order valence-corrected chi connectivity index (χ2v) is 5.76. The number of amides is 2. The summed E-state index contributed by atoms with van der Waals surface area (Å²) in [6, 6.07) is 1.65. The maximum atomic E-state index is 12.0. The lowest BCUT2D eigenvalue weighted by Crippen LogP contribution is -2.43. The van der Waals surface area contributed by atoms with E-state index in [1.54, 1.807) is 11.4 Å². The molecule has 1 aromatic rings. The quantitative estimate of drug-likeness (QED) is 0.871. The van der Waals surface area contributed by atoms with Crippen LogP contribution in [0.15, 0.2) is 11.4 Å². The minimum atomic E-state index is -0.401. The molecule has 1 saturated carbocycles. The zero-order valence-electron chi connectivity index (χ0n) is 9.31. The lowest BCUT2D eigenvalue weighted by molar-refractivity contribution is 0.0661. The van der Waals surface area contributed by atoms with Crippen molar-refractivity contribution in [2.45, 2.75) is 31.0 Å². The molecule has 1 aromatic heterocycles. The second-order valence-electron chi connectivity index (χ2n) is 4.43. The fourth-order valence-corrected chi connectivity index (χ4v) is 3.47. The summed E-state index contributed by atoms with van der Waals surface area (Å²) in [5.74, 6) is -0.205. The van der Waals surface area contributed by atoms with Crippen LogP contribution in [0, 0.1) is 0 Å². The molecule has 1 aliphatic carbocycles. The Bertz CT molecular complexity index is 504. The van der Waals surface area contributed by atoms with E-state index in [4.69, 9.17) is 16.3 Å². The highest BCUT2D eigenvalue weighted by Gasteiger charge is 2.42. The van der Waals surface area contributed by atoms with Gasteiger partial charge in [-0.3, -0.25) is 4.79 Å². The van der Waals surface area contributed by atoms with E-state index >= 15 is 0 Å². The molecule has 2 N–H and O–H groups in total. The van der Waals surface area contributed by atoms with Crippen LogP contribution in [0.5, 0.6) is 0 Å². The van der Waals surface area contributed by atoms with Crippen molar-refractivity contribution in [3.05, 3.63) is 21.3 Å². The van der Waals surface area contributed by atoms with Crippen molar-refractivity contribution in [3.8, 4) is 0 Å². The molecule has 18 heavy (non-hydrogen) atoms. The summed E-state index contributed by atoms with van der Waals surface area (Å²) in [6.45, 7) is 0. The highest BCUT2D eigenvalue weighted by molar-refractivity contribution is 7.12. The molecule has 3 rings (SSSR count). The van der Waals surface area contributed by atoms with Crippen LogP contribution in [-0.2, 0) is 4.74 Å². The Morgan fingerprint density at radius 3 is 3.11 bits per heavy atom. The number of thiophene rings is 1. The Kier molecular flexibility index (Phi) is 2.91. The highest BCUT2D eigenvalue weighted by atomic mass is 35.5. The van der Waals surface area contributed by atoms with Gasteiger partial charge in [-0.15, -0.1) is 11.3 Å². The summed E-state index contributed by atoms with van der Waals surface area (Å²) in [4.78, 5) is 23.7. The Morgan fingerprint density at radius 1 is 1.56 bits per heavy atom. The Morgan fingerprint density at radius 2 is 2.39 bits per heavy atom. The topological polar surface area (TPSA) is 67.4 Å². The summed E-state index contributed by atoms with van der Waals surface area (Å²) in [5.41, 5.74) is 0. The van der Waals surface area contributed by atoms with Gasteiger partial charge in [-0.25, -0.2) is 4.79 Å². The molecule has 3 atom stereocenters. The van der Waals surface area contributed by atoms with Gasteiger partial charge < -0.3 is 15.4 Å². The normalized spacial score (nSPS) is 29.6. The molecule has 7 heteroatoms. The van der Waals surface area contributed by atoms with Crippen LogP contribution >= 0.6 is 22.9 Å². The van der Waals surface area contributed by atoms with Gasteiger partial charge in [0.15, 0.2) is 0 Å². The van der Waals surface area contributed by atoms with Crippen molar-refractivity contribution < 1.29 is 14.3 Å². The molecule has 2 heterocycles. The number of hydrogen-bond donors (Lipinski definition) is 2. The number of alkyl carbamates (subject to hydrolysis) is 1. The van der Waals surface area contributed by atoms with Crippen molar-refractivity contribution in [1.29, 1.82) is 0 Å². The summed E-state index contributed by atoms with van der Waals surface area (Å²) >= 11 is 7.21. The summed E-state index contributed by atoms with van der Waals surface area (Å²) in [6.07, 6.45) is 0.814. The maximum Gasteiger partial charge on any atom is 0.407 e. The van der Waals surface area contributed by atoms with Crippen LogP contribution in [0.3, 0.4) is 0 Å². The van der Waals surface area contributed by atoms with E-state index in [2.05, 4.69) is 10.6 Å². The number of hydrogen-bond acceptors (Lipinski definition) is 4. The molecule has 1 saturated heterocycles. The number of carbonyl (C=O) groups is 2. The molecule has 1 aliphatic heterocycles. The van der Waals surface area contributed by atoms with E-state index in [1.807, 2.05) is 0 Å². The Hall–Kier alpha value is -1.27. The highest BCUT2D eigenvalue weighted by Crippen LogP contribution is 2.28. The van der Waals surface area contributed by atoms with Gasteiger partial charge in [0, 0.05) is 12.5 Å². The maximum absolute atomic E-state index is 12.0. The number of fused-ring (bicyclic) bond motifs is 2. The largest absolute Gasteiger partial charge is 0.444 e. The van der Waals surface area contributed by atoms with Crippen LogP contribution in [0.25, 0.3) is 0 Å². The zero-order chi connectivity index (χ0) is 12.7. The molecule has 2 fully saturated rings.